The number of carbonyl (C=O) groups excluding carboxylic acids is 1. The molecule has 1 aromatic carbocycles. The number of benzene rings is 1. The summed E-state index contributed by atoms with van der Waals surface area (Å²) in [6, 6.07) is 4.60. The van der Waals surface area contributed by atoms with Crippen LogP contribution in [0, 0.1) is 0 Å². The zero-order chi connectivity index (χ0) is 9.84. The first kappa shape index (κ1) is 9.34. The Kier molecular flexibility index (Phi) is 2.71. The van der Waals surface area contributed by atoms with Crippen molar-refractivity contribution in [1.29, 1.82) is 0 Å². The van der Waals surface area contributed by atoms with E-state index in [0.29, 0.717) is 5.75 Å². The van der Waals surface area contributed by atoms with E-state index in [0.717, 1.165) is 0 Å². The van der Waals surface area contributed by atoms with Gasteiger partial charge in [-0.2, -0.15) is 0 Å². The summed E-state index contributed by atoms with van der Waals surface area (Å²) in [6.45, 7) is 0. The predicted octanol–water partition coefficient (Wildman–Crippen LogP) is 0.396. The molecule has 1 rings (SSSR count). The third kappa shape index (κ3) is 1.88. The maximum Gasteiger partial charge on any atom is 0.276 e. The van der Waals surface area contributed by atoms with E-state index in [2.05, 4.69) is 0 Å². The second kappa shape index (κ2) is 3.77. The van der Waals surface area contributed by atoms with Gasteiger partial charge >= 0.3 is 0 Å². The molecule has 70 valence electrons. The highest BCUT2D eigenvalue weighted by atomic mass is 16.5. The van der Waals surface area contributed by atoms with Gasteiger partial charge in [0.1, 0.15) is 5.75 Å². The predicted molar refractivity (Wildman–Crippen MR) is 46.7 cm³/mol. The van der Waals surface area contributed by atoms with Crippen molar-refractivity contribution in [3.05, 3.63) is 23.8 Å². The van der Waals surface area contributed by atoms with Gasteiger partial charge < -0.3 is 10.5 Å². The van der Waals surface area contributed by atoms with E-state index in [1.807, 2.05) is 0 Å². The Bertz CT molecular complexity index is 325. The molecule has 0 aromatic heterocycles. The largest absolute Gasteiger partial charge is 0.497 e. The molecule has 0 spiro atoms. The van der Waals surface area contributed by atoms with Crippen LogP contribution in [-0.2, 0) is 0 Å². The summed E-state index contributed by atoms with van der Waals surface area (Å²) in [5.41, 5.74) is 7.46. The first-order chi connectivity index (χ1) is 6.19. The fraction of sp³-hybridized carbons (Fsp3) is 0.125. The molecule has 0 fully saturated rings. The minimum Gasteiger partial charge on any atom is -0.497 e. The van der Waals surface area contributed by atoms with Crippen molar-refractivity contribution in [2.45, 2.75) is 0 Å². The Balaban J connectivity index is 3.11. The molecule has 4 N–H and O–H groups in total. The Hall–Kier alpha value is -1.75. The molecule has 0 aliphatic carbocycles. The van der Waals surface area contributed by atoms with Crippen molar-refractivity contribution in [2.75, 3.05) is 12.8 Å². The van der Waals surface area contributed by atoms with Crippen LogP contribution in [-0.4, -0.2) is 18.2 Å². The van der Waals surface area contributed by atoms with Crippen molar-refractivity contribution in [1.82, 2.24) is 5.48 Å². The van der Waals surface area contributed by atoms with Gasteiger partial charge in [-0.25, -0.2) is 5.48 Å². The summed E-state index contributed by atoms with van der Waals surface area (Å²) in [6.07, 6.45) is 0. The fourth-order valence-corrected chi connectivity index (χ4v) is 0.919. The number of ether oxygens (including phenoxy) is 1. The Morgan fingerprint density at radius 3 is 2.85 bits per heavy atom. The number of anilines is 1. The maximum atomic E-state index is 11.0. The smallest absolute Gasteiger partial charge is 0.276 e. The van der Waals surface area contributed by atoms with Crippen LogP contribution in [0.1, 0.15) is 10.4 Å². The molecule has 0 radical (unpaired) electrons. The minimum atomic E-state index is -0.656. The number of nitrogen functional groups attached to an aromatic ring is 1. The summed E-state index contributed by atoms with van der Waals surface area (Å²) in [5.74, 6) is -0.149. The van der Waals surface area contributed by atoms with Crippen LogP contribution in [0.5, 0.6) is 5.75 Å². The van der Waals surface area contributed by atoms with E-state index < -0.39 is 5.91 Å². The number of rotatable bonds is 2. The molecule has 5 heteroatoms. The molecular weight excluding hydrogens is 172 g/mol. The summed E-state index contributed by atoms with van der Waals surface area (Å²) in [5, 5.41) is 8.38. The van der Waals surface area contributed by atoms with Crippen molar-refractivity contribution < 1.29 is 14.7 Å². The van der Waals surface area contributed by atoms with E-state index >= 15 is 0 Å². The average Bonchev–Trinajstić information content (AvgIpc) is 2.17. The lowest BCUT2D eigenvalue weighted by Crippen LogP contribution is -2.20. The third-order valence-electron chi connectivity index (χ3n) is 1.61. The first-order valence-corrected chi connectivity index (χ1v) is 3.57. The molecule has 0 unspecified atom stereocenters. The molecule has 5 nitrogen and oxygen atoms in total. The molecule has 0 bridgehead atoms. The normalized spacial score (nSPS) is 9.38. The number of nitrogens with two attached hydrogens (primary N) is 1. The van der Waals surface area contributed by atoms with Gasteiger partial charge in [-0.3, -0.25) is 10.0 Å². The highest BCUT2D eigenvalue weighted by Crippen LogP contribution is 2.18. The lowest BCUT2D eigenvalue weighted by Gasteiger charge is -2.05. The molecule has 0 atom stereocenters. The van der Waals surface area contributed by atoms with Gasteiger partial charge in [-0.15, -0.1) is 0 Å². The number of hydroxylamine groups is 1. The third-order valence-corrected chi connectivity index (χ3v) is 1.61. The summed E-state index contributed by atoms with van der Waals surface area (Å²) in [7, 11) is 1.48. The molecule has 0 saturated heterocycles. The number of hydrogen-bond acceptors (Lipinski definition) is 4. The van der Waals surface area contributed by atoms with Crippen molar-refractivity contribution >= 4 is 11.6 Å². The van der Waals surface area contributed by atoms with Gasteiger partial charge in [-0.05, 0) is 18.2 Å². The Morgan fingerprint density at radius 2 is 2.31 bits per heavy atom. The number of carbonyl (C=O) groups is 1. The van der Waals surface area contributed by atoms with Crippen LogP contribution < -0.4 is 16.0 Å². The molecule has 0 aliphatic heterocycles. The van der Waals surface area contributed by atoms with Crippen molar-refractivity contribution in [3.8, 4) is 5.75 Å². The molecule has 1 amide bonds. The average molecular weight is 182 g/mol. The Morgan fingerprint density at radius 1 is 1.62 bits per heavy atom. The molecule has 0 aliphatic rings. The number of amides is 1. The topological polar surface area (TPSA) is 84.6 Å². The van der Waals surface area contributed by atoms with Crippen molar-refractivity contribution in [3.63, 3.8) is 0 Å². The zero-order valence-corrected chi connectivity index (χ0v) is 7.07. The van der Waals surface area contributed by atoms with Gasteiger partial charge in [0.25, 0.3) is 5.91 Å². The SMILES string of the molecule is COc1ccc(N)c(C(=O)NO)c1. The van der Waals surface area contributed by atoms with Crippen LogP contribution >= 0.6 is 0 Å². The highest BCUT2D eigenvalue weighted by molar-refractivity contribution is 5.98. The number of methoxy groups -OCH3 is 1. The highest BCUT2D eigenvalue weighted by Gasteiger charge is 2.09. The maximum absolute atomic E-state index is 11.0. The molecule has 13 heavy (non-hydrogen) atoms. The van der Waals surface area contributed by atoms with Crippen LogP contribution in [0.25, 0.3) is 0 Å². The van der Waals surface area contributed by atoms with E-state index in [-0.39, 0.29) is 11.3 Å². The second-order valence-corrected chi connectivity index (χ2v) is 2.39. The molecule has 0 saturated carbocycles. The summed E-state index contributed by atoms with van der Waals surface area (Å²) >= 11 is 0. The van der Waals surface area contributed by atoms with Gasteiger partial charge in [0.15, 0.2) is 0 Å². The quantitative estimate of drug-likeness (QED) is 0.351. The summed E-state index contributed by atoms with van der Waals surface area (Å²) < 4.78 is 4.89. The van der Waals surface area contributed by atoms with Gasteiger partial charge in [0, 0.05) is 5.69 Å². The Labute approximate surface area is 75.1 Å². The van der Waals surface area contributed by atoms with E-state index in [1.54, 1.807) is 6.07 Å². The zero-order valence-electron chi connectivity index (χ0n) is 7.07. The van der Waals surface area contributed by atoms with E-state index in [4.69, 9.17) is 15.7 Å². The molecular formula is C8H10N2O3. The summed E-state index contributed by atoms with van der Waals surface area (Å²) in [4.78, 5) is 11.0. The van der Waals surface area contributed by atoms with Crippen LogP contribution in [0.2, 0.25) is 0 Å². The van der Waals surface area contributed by atoms with Crippen LogP contribution in [0.15, 0.2) is 18.2 Å². The minimum absolute atomic E-state index is 0.182. The van der Waals surface area contributed by atoms with Crippen LogP contribution in [0.3, 0.4) is 0 Å². The fourth-order valence-electron chi connectivity index (χ4n) is 0.919. The van der Waals surface area contributed by atoms with Gasteiger partial charge in [0.2, 0.25) is 0 Å². The molecule has 0 heterocycles. The molecule has 1 aromatic rings. The van der Waals surface area contributed by atoms with E-state index in [9.17, 15) is 4.79 Å². The van der Waals surface area contributed by atoms with Crippen molar-refractivity contribution in [2.24, 2.45) is 0 Å². The number of hydrogen-bond donors (Lipinski definition) is 3. The van der Waals surface area contributed by atoms with Gasteiger partial charge in [-0.1, -0.05) is 0 Å². The standard InChI is InChI=1S/C8H10N2O3/c1-13-5-2-3-7(9)6(4-5)8(11)10-12/h2-4,12H,9H2,1H3,(H,10,11). The first-order valence-electron chi connectivity index (χ1n) is 3.57. The second-order valence-electron chi connectivity index (χ2n) is 2.39. The monoisotopic (exact) mass is 182 g/mol. The lowest BCUT2D eigenvalue weighted by molar-refractivity contribution is 0.0707. The van der Waals surface area contributed by atoms with Gasteiger partial charge in [0.05, 0.1) is 12.7 Å². The number of nitrogens with one attached hydrogen (secondary N) is 1. The lowest BCUT2D eigenvalue weighted by atomic mass is 10.1. The van der Waals surface area contributed by atoms with E-state index in [1.165, 1.54) is 24.7 Å². The van der Waals surface area contributed by atoms with Crippen LogP contribution in [0.4, 0.5) is 5.69 Å².